The number of methoxy groups -OCH3 is 1. The lowest BCUT2D eigenvalue weighted by Crippen LogP contribution is -2.70. The van der Waals surface area contributed by atoms with E-state index in [4.69, 9.17) is 14.2 Å². The van der Waals surface area contributed by atoms with E-state index in [-0.39, 0.29) is 62.9 Å². The molecule has 214 valence electrons. The number of fused-ring (bicyclic) bond motifs is 2. The molecule has 1 aromatic rings. The van der Waals surface area contributed by atoms with Crippen LogP contribution in [0.2, 0.25) is 0 Å². The van der Waals surface area contributed by atoms with E-state index in [1.54, 1.807) is 33.8 Å². The average molecular weight is 557 g/mol. The van der Waals surface area contributed by atoms with Gasteiger partial charge in [0.05, 0.1) is 7.11 Å². The number of hydrogen-bond acceptors (Lipinski definition) is 9. The highest BCUT2D eigenvalue weighted by molar-refractivity contribution is 6.22. The van der Waals surface area contributed by atoms with Crippen LogP contribution < -0.4 is 14.2 Å². The first-order valence-corrected chi connectivity index (χ1v) is 13.5. The number of ether oxygens (including phenoxy) is 3. The van der Waals surface area contributed by atoms with Gasteiger partial charge in [-0.15, -0.1) is 0 Å². The van der Waals surface area contributed by atoms with Crippen molar-refractivity contribution in [3.8, 4) is 17.2 Å². The van der Waals surface area contributed by atoms with E-state index < -0.39 is 52.9 Å². The molecule has 2 saturated heterocycles. The summed E-state index contributed by atoms with van der Waals surface area (Å²) >= 11 is 0. The number of rotatable bonds is 6. The molecule has 0 aromatic heterocycles. The Morgan fingerprint density at radius 1 is 0.825 bits per heavy atom. The Kier molecular flexibility index (Phi) is 6.71. The monoisotopic (exact) mass is 556 g/mol. The minimum Gasteiger partial charge on any atom is -0.492 e. The lowest BCUT2D eigenvalue weighted by molar-refractivity contribution is -0.166. The van der Waals surface area contributed by atoms with E-state index >= 15 is 0 Å². The number of hydrogen-bond donors (Lipinski definition) is 0. The summed E-state index contributed by atoms with van der Waals surface area (Å²) in [6, 6.07) is 0.187. The van der Waals surface area contributed by atoms with Gasteiger partial charge in [0, 0.05) is 37.7 Å². The lowest BCUT2D eigenvalue weighted by atomic mass is 9.56. The van der Waals surface area contributed by atoms with Crippen molar-refractivity contribution < 1.29 is 43.0 Å². The third kappa shape index (κ3) is 3.38. The van der Waals surface area contributed by atoms with E-state index in [1.165, 1.54) is 7.11 Å². The Balaban J connectivity index is 1.85. The molecule has 2 fully saturated rings. The first-order valence-electron chi connectivity index (χ1n) is 13.5. The van der Waals surface area contributed by atoms with E-state index in [9.17, 15) is 28.8 Å². The molecule has 1 spiro atoms. The normalized spacial score (nSPS) is 22.6. The maximum Gasteiger partial charge on any atom is 0.333 e. The molecule has 0 radical (unpaired) electrons. The van der Waals surface area contributed by atoms with Gasteiger partial charge in [-0.2, -0.15) is 0 Å². The molecular weight excluding hydrogens is 524 g/mol. The minimum atomic E-state index is -2.00. The number of amides is 8. The van der Waals surface area contributed by atoms with Gasteiger partial charge in [0.15, 0.2) is 11.5 Å². The fourth-order valence-corrected chi connectivity index (χ4v) is 6.59. The number of carbonyl (C=O) groups is 6. The quantitative estimate of drug-likeness (QED) is 0.479. The fourth-order valence-electron chi connectivity index (χ4n) is 6.59. The number of imide groups is 4. The standard InChI is InChI=1S/C27H32N4O9/c1-6-28-21(32)17(22(33)29(7-2)25(28)36)18-16-14(12-15-19(20(16)38-5)40-13-39-15)10-11-27(18)23(34)30(8-3)26(37)31(9-4)24(27)35/h12,17-18H,6-11,13H2,1-5H3. The van der Waals surface area contributed by atoms with Gasteiger partial charge in [0.25, 0.3) is 0 Å². The average Bonchev–Trinajstić information content (AvgIpc) is 3.40. The second-order valence-corrected chi connectivity index (χ2v) is 9.97. The Bertz CT molecular complexity index is 1290. The molecule has 0 N–H and O–H groups in total. The van der Waals surface area contributed by atoms with Crippen LogP contribution in [0.25, 0.3) is 0 Å². The Labute approximate surface area is 230 Å². The van der Waals surface area contributed by atoms with Gasteiger partial charge in [-0.3, -0.25) is 38.8 Å². The summed E-state index contributed by atoms with van der Waals surface area (Å²) in [5, 5.41) is 0. The molecule has 3 heterocycles. The van der Waals surface area contributed by atoms with Gasteiger partial charge in [0.1, 0.15) is 11.3 Å². The zero-order chi connectivity index (χ0) is 29.1. The van der Waals surface area contributed by atoms with Crippen LogP contribution in [0.1, 0.15) is 51.2 Å². The molecule has 3 aliphatic heterocycles. The predicted molar refractivity (Wildman–Crippen MR) is 136 cm³/mol. The second kappa shape index (κ2) is 9.79. The van der Waals surface area contributed by atoms with Gasteiger partial charge < -0.3 is 14.2 Å². The van der Waals surface area contributed by atoms with Gasteiger partial charge in [-0.1, -0.05) is 0 Å². The molecule has 5 rings (SSSR count). The highest BCUT2D eigenvalue weighted by Crippen LogP contribution is 2.60. The van der Waals surface area contributed by atoms with Crippen molar-refractivity contribution in [3.63, 3.8) is 0 Å². The van der Waals surface area contributed by atoms with Crippen LogP contribution in [0, 0.1) is 11.3 Å². The van der Waals surface area contributed by atoms with Crippen molar-refractivity contribution in [1.29, 1.82) is 0 Å². The molecule has 1 atom stereocenters. The van der Waals surface area contributed by atoms with Crippen molar-refractivity contribution in [2.75, 3.05) is 40.1 Å². The number of carbonyl (C=O) groups excluding carboxylic acids is 6. The highest BCUT2D eigenvalue weighted by Gasteiger charge is 2.68. The van der Waals surface area contributed by atoms with Crippen molar-refractivity contribution in [1.82, 2.24) is 19.6 Å². The molecule has 4 aliphatic rings. The first kappa shape index (κ1) is 27.4. The van der Waals surface area contributed by atoms with Crippen LogP contribution in [-0.2, 0) is 25.6 Å². The van der Waals surface area contributed by atoms with Gasteiger partial charge in [-0.25, -0.2) is 9.59 Å². The highest BCUT2D eigenvalue weighted by atomic mass is 16.7. The van der Waals surface area contributed by atoms with Gasteiger partial charge in [0.2, 0.25) is 36.2 Å². The summed E-state index contributed by atoms with van der Waals surface area (Å²) in [4.78, 5) is 86.8. The molecule has 1 aromatic carbocycles. The number of nitrogens with zero attached hydrogens (tertiary/aromatic N) is 4. The Hall–Kier alpha value is -4.16. The second-order valence-electron chi connectivity index (χ2n) is 9.97. The smallest absolute Gasteiger partial charge is 0.333 e. The maximum atomic E-state index is 14.3. The van der Waals surface area contributed by atoms with Gasteiger partial charge >= 0.3 is 12.1 Å². The Morgan fingerprint density at radius 3 is 1.85 bits per heavy atom. The van der Waals surface area contributed by atoms with Crippen molar-refractivity contribution in [3.05, 3.63) is 17.2 Å². The summed E-state index contributed by atoms with van der Waals surface area (Å²) in [5.41, 5.74) is -1.10. The maximum absolute atomic E-state index is 14.3. The SMILES string of the molecule is CCN1C(=O)C(C2c3c(cc4c(c3OC)OCO4)CCC23C(=O)N(CC)C(=O)N(CC)C3=O)C(=O)N(CC)C1=O. The fraction of sp³-hybridized carbons (Fsp3) is 0.556. The zero-order valence-corrected chi connectivity index (χ0v) is 23.1. The van der Waals surface area contributed by atoms with Crippen LogP contribution in [-0.4, -0.2) is 95.4 Å². The minimum absolute atomic E-state index is 0.0196. The Morgan fingerprint density at radius 2 is 1.35 bits per heavy atom. The third-order valence-corrected chi connectivity index (χ3v) is 8.42. The molecule has 1 unspecified atom stereocenters. The van der Waals surface area contributed by atoms with Gasteiger partial charge in [-0.05, 0) is 52.2 Å². The van der Waals surface area contributed by atoms with E-state index in [0.29, 0.717) is 11.3 Å². The van der Waals surface area contributed by atoms with E-state index in [0.717, 1.165) is 19.6 Å². The van der Waals surface area contributed by atoms with Crippen molar-refractivity contribution in [2.24, 2.45) is 11.3 Å². The van der Waals surface area contributed by atoms with Crippen molar-refractivity contribution in [2.45, 2.75) is 46.5 Å². The van der Waals surface area contributed by atoms with Crippen LogP contribution >= 0.6 is 0 Å². The summed E-state index contributed by atoms with van der Waals surface area (Å²) in [7, 11) is 1.38. The van der Waals surface area contributed by atoms with E-state index in [2.05, 4.69) is 0 Å². The molecule has 0 bridgehead atoms. The molecule has 13 nitrogen and oxygen atoms in total. The molecule has 40 heavy (non-hydrogen) atoms. The van der Waals surface area contributed by atoms with Crippen LogP contribution in [0.4, 0.5) is 9.59 Å². The topological polar surface area (TPSA) is 143 Å². The largest absolute Gasteiger partial charge is 0.492 e. The van der Waals surface area contributed by atoms with Crippen LogP contribution in [0.5, 0.6) is 17.2 Å². The predicted octanol–water partition coefficient (Wildman–Crippen LogP) is 1.72. The third-order valence-electron chi connectivity index (χ3n) is 8.42. The summed E-state index contributed by atoms with van der Waals surface area (Å²) < 4.78 is 17.0. The van der Waals surface area contributed by atoms with Crippen LogP contribution in [0.15, 0.2) is 6.07 Å². The molecule has 13 heteroatoms. The molecule has 0 saturated carbocycles. The number of aryl methyl sites for hydroxylation is 1. The molecule has 1 aliphatic carbocycles. The number of barbiturate groups is 2. The number of urea groups is 2. The number of benzene rings is 1. The molecular formula is C27H32N4O9. The first-order chi connectivity index (χ1) is 19.1. The van der Waals surface area contributed by atoms with E-state index in [1.807, 2.05) is 0 Å². The van der Waals surface area contributed by atoms with Crippen LogP contribution in [0.3, 0.4) is 0 Å². The summed E-state index contributed by atoms with van der Waals surface area (Å²) in [6.45, 7) is 6.27. The lowest BCUT2D eigenvalue weighted by Gasteiger charge is -2.52. The van der Waals surface area contributed by atoms with Crippen molar-refractivity contribution >= 4 is 35.7 Å². The molecule has 8 amide bonds. The zero-order valence-electron chi connectivity index (χ0n) is 23.1. The summed E-state index contributed by atoms with van der Waals surface area (Å²) in [5.74, 6) is -5.46. The summed E-state index contributed by atoms with van der Waals surface area (Å²) in [6.07, 6.45) is 0.122.